The van der Waals surface area contributed by atoms with Crippen LogP contribution in [0.1, 0.15) is 0 Å². The van der Waals surface area contributed by atoms with E-state index >= 15 is 0 Å². The predicted molar refractivity (Wildman–Crippen MR) is 45.4 cm³/mol. The van der Waals surface area contributed by atoms with Crippen LogP contribution in [-0.2, 0) is 0 Å². The lowest BCUT2D eigenvalue weighted by Crippen LogP contribution is -2.10. The lowest BCUT2D eigenvalue weighted by atomic mass is 10.3. The molecule has 3 heteroatoms. The molecule has 0 fully saturated rings. The van der Waals surface area contributed by atoms with E-state index in [4.69, 9.17) is 16.2 Å². The van der Waals surface area contributed by atoms with Gasteiger partial charge in [0, 0.05) is 18.3 Å². The van der Waals surface area contributed by atoms with Gasteiger partial charge in [-0.15, -0.1) is 0 Å². The lowest BCUT2D eigenvalue weighted by Gasteiger charge is -2.03. The van der Waals surface area contributed by atoms with E-state index in [0.29, 0.717) is 18.8 Å². The fourth-order valence-corrected chi connectivity index (χ4v) is 0.781. The van der Waals surface area contributed by atoms with Crippen molar-refractivity contribution in [2.75, 3.05) is 18.9 Å². The van der Waals surface area contributed by atoms with E-state index in [1.807, 2.05) is 18.2 Å². The maximum Gasteiger partial charge on any atom is 0.121 e. The molecule has 0 unspecified atom stereocenters. The van der Waals surface area contributed by atoms with Gasteiger partial charge in [-0.05, 0) is 12.1 Å². The first kappa shape index (κ1) is 7.88. The summed E-state index contributed by atoms with van der Waals surface area (Å²) >= 11 is 0. The van der Waals surface area contributed by atoms with E-state index in [1.54, 1.807) is 6.07 Å². The smallest absolute Gasteiger partial charge is 0.121 e. The molecule has 0 aromatic heterocycles. The van der Waals surface area contributed by atoms with Gasteiger partial charge in [0.15, 0.2) is 0 Å². The van der Waals surface area contributed by atoms with Crippen LogP contribution in [0.3, 0.4) is 0 Å². The summed E-state index contributed by atoms with van der Waals surface area (Å²) in [7, 11) is 0. The molecule has 1 aromatic rings. The second-order valence-electron chi connectivity index (χ2n) is 2.21. The highest BCUT2D eigenvalue weighted by molar-refractivity contribution is 5.43. The molecule has 0 heterocycles. The summed E-state index contributed by atoms with van der Waals surface area (Å²) in [6, 6.07) is 7.29. The minimum absolute atomic E-state index is 0.523. The molecule has 1 rings (SSSR count). The molecule has 3 nitrogen and oxygen atoms in total. The highest BCUT2D eigenvalue weighted by Gasteiger charge is 1.91. The molecular weight excluding hydrogens is 140 g/mol. The van der Waals surface area contributed by atoms with E-state index in [-0.39, 0.29) is 0 Å². The second-order valence-corrected chi connectivity index (χ2v) is 2.21. The largest absolute Gasteiger partial charge is 0.492 e. The molecule has 60 valence electrons. The van der Waals surface area contributed by atoms with Crippen LogP contribution in [0.25, 0.3) is 0 Å². The number of rotatable bonds is 3. The van der Waals surface area contributed by atoms with Gasteiger partial charge < -0.3 is 16.2 Å². The van der Waals surface area contributed by atoms with Crippen molar-refractivity contribution in [3.05, 3.63) is 24.3 Å². The van der Waals surface area contributed by atoms with E-state index in [2.05, 4.69) is 0 Å². The third-order valence-electron chi connectivity index (χ3n) is 1.24. The molecule has 0 aliphatic rings. The molecule has 0 aliphatic carbocycles. The molecule has 0 bridgehead atoms. The van der Waals surface area contributed by atoms with Gasteiger partial charge in [-0.2, -0.15) is 0 Å². The van der Waals surface area contributed by atoms with Crippen molar-refractivity contribution in [3.8, 4) is 5.75 Å². The number of ether oxygens (including phenoxy) is 1. The Morgan fingerprint density at radius 2 is 2.18 bits per heavy atom. The normalized spacial score (nSPS) is 9.55. The minimum Gasteiger partial charge on any atom is -0.492 e. The number of hydrogen-bond acceptors (Lipinski definition) is 3. The van der Waals surface area contributed by atoms with Gasteiger partial charge >= 0.3 is 0 Å². The average Bonchev–Trinajstić information content (AvgIpc) is 2.01. The van der Waals surface area contributed by atoms with Crippen LogP contribution in [0.4, 0.5) is 5.69 Å². The first-order chi connectivity index (χ1) is 5.33. The van der Waals surface area contributed by atoms with Crippen LogP contribution in [0.2, 0.25) is 0 Å². The molecular formula is C8H12N2O. The summed E-state index contributed by atoms with van der Waals surface area (Å²) in [6.45, 7) is 1.05. The number of nitrogen functional groups attached to an aromatic ring is 1. The molecule has 4 N–H and O–H groups in total. The molecule has 0 saturated heterocycles. The molecule has 0 aliphatic heterocycles. The summed E-state index contributed by atoms with van der Waals surface area (Å²) in [5, 5.41) is 0. The van der Waals surface area contributed by atoms with Crippen LogP contribution in [0, 0.1) is 0 Å². The fraction of sp³-hybridized carbons (Fsp3) is 0.250. The van der Waals surface area contributed by atoms with Crippen LogP contribution in [0.15, 0.2) is 24.3 Å². The van der Waals surface area contributed by atoms with Crippen molar-refractivity contribution in [2.24, 2.45) is 5.73 Å². The maximum atomic E-state index is 5.52. The van der Waals surface area contributed by atoms with Gasteiger partial charge in [0.25, 0.3) is 0 Å². The van der Waals surface area contributed by atoms with Gasteiger partial charge in [-0.1, -0.05) is 6.07 Å². The highest BCUT2D eigenvalue weighted by atomic mass is 16.5. The van der Waals surface area contributed by atoms with Gasteiger partial charge in [-0.3, -0.25) is 0 Å². The van der Waals surface area contributed by atoms with E-state index < -0.39 is 0 Å². The molecule has 0 radical (unpaired) electrons. The third-order valence-corrected chi connectivity index (χ3v) is 1.24. The summed E-state index contributed by atoms with van der Waals surface area (Å²) < 4.78 is 5.23. The summed E-state index contributed by atoms with van der Waals surface area (Å²) in [4.78, 5) is 0. The Balaban J connectivity index is 2.56. The number of nitrogens with two attached hydrogens (primary N) is 2. The molecule has 0 saturated carbocycles. The topological polar surface area (TPSA) is 61.3 Å². The maximum absolute atomic E-state index is 5.52. The Morgan fingerprint density at radius 3 is 2.82 bits per heavy atom. The molecule has 0 amide bonds. The Morgan fingerprint density at radius 1 is 1.36 bits per heavy atom. The number of hydrogen-bond donors (Lipinski definition) is 2. The zero-order valence-corrected chi connectivity index (χ0v) is 6.29. The first-order valence-electron chi connectivity index (χ1n) is 3.51. The van der Waals surface area contributed by atoms with Crippen molar-refractivity contribution in [2.45, 2.75) is 0 Å². The first-order valence-corrected chi connectivity index (χ1v) is 3.51. The molecule has 0 atom stereocenters. The van der Waals surface area contributed by atoms with Crippen molar-refractivity contribution in [1.82, 2.24) is 0 Å². The van der Waals surface area contributed by atoms with Gasteiger partial charge in [0.1, 0.15) is 12.4 Å². The Bertz CT molecular complexity index is 225. The van der Waals surface area contributed by atoms with Gasteiger partial charge in [0.05, 0.1) is 0 Å². The predicted octanol–water partition coefficient (Wildman–Crippen LogP) is 0.606. The number of anilines is 1. The zero-order chi connectivity index (χ0) is 8.10. The summed E-state index contributed by atoms with van der Waals surface area (Å²) in [5.41, 5.74) is 11.5. The Hall–Kier alpha value is -1.22. The second kappa shape index (κ2) is 3.83. The molecule has 1 aromatic carbocycles. The van der Waals surface area contributed by atoms with Crippen molar-refractivity contribution < 1.29 is 4.74 Å². The fourth-order valence-electron chi connectivity index (χ4n) is 0.781. The van der Waals surface area contributed by atoms with E-state index in [0.717, 1.165) is 5.75 Å². The number of benzene rings is 1. The van der Waals surface area contributed by atoms with Crippen molar-refractivity contribution in [3.63, 3.8) is 0 Å². The van der Waals surface area contributed by atoms with E-state index in [1.165, 1.54) is 0 Å². The Labute approximate surface area is 66.0 Å². The summed E-state index contributed by atoms with van der Waals surface area (Å²) in [6.07, 6.45) is 0. The standard InChI is InChI=1S/C8H12N2O/c9-4-5-11-8-3-1-2-7(10)6-8/h1-3,6H,4-5,9-10H2. The van der Waals surface area contributed by atoms with Crippen molar-refractivity contribution in [1.29, 1.82) is 0 Å². The zero-order valence-electron chi connectivity index (χ0n) is 6.29. The Kier molecular flexibility index (Phi) is 2.74. The average molecular weight is 152 g/mol. The van der Waals surface area contributed by atoms with Crippen LogP contribution in [-0.4, -0.2) is 13.2 Å². The minimum atomic E-state index is 0.523. The van der Waals surface area contributed by atoms with Crippen LogP contribution >= 0.6 is 0 Å². The SMILES string of the molecule is NCCOc1cccc(N)c1. The lowest BCUT2D eigenvalue weighted by molar-refractivity contribution is 0.328. The van der Waals surface area contributed by atoms with Gasteiger partial charge in [-0.25, -0.2) is 0 Å². The molecule has 0 spiro atoms. The van der Waals surface area contributed by atoms with Crippen LogP contribution in [0.5, 0.6) is 5.75 Å². The monoisotopic (exact) mass is 152 g/mol. The molecule has 11 heavy (non-hydrogen) atoms. The summed E-state index contributed by atoms with van der Waals surface area (Å²) in [5.74, 6) is 0.774. The quantitative estimate of drug-likeness (QED) is 0.624. The van der Waals surface area contributed by atoms with Crippen LogP contribution < -0.4 is 16.2 Å². The van der Waals surface area contributed by atoms with Gasteiger partial charge in [0.2, 0.25) is 0 Å². The van der Waals surface area contributed by atoms with E-state index in [9.17, 15) is 0 Å². The third kappa shape index (κ3) is 2.47. The van der Waals surface area contributed by atoms with Crippen molar-refractivity contribution >= 4 is 5.69 Å². The highest BCUT2D eigenvalue weighted by Crippen LogP contribution is 2.13.